The van der Waals surface area contributed by atoms with Gasteiger partial charge < -0.3 is 10.1 Å². The molecule has 3 aromatic rings. The lowest BCUT2D eigenvalue weighted by molar-refractivity contribution is -0.0500. The molecule has 1 N–H and O–H groups in total. The van der Waals surface area contributed by atoms with Gasteiger partial charge in [-0.25, -0.2) is 18.4 Å². The Kier molecular flexibility index (Phi) is 6.27. The number of hydrogen-bond acceptors (Lipinski definition) is 9. The minimum Gasteiger partial charge on any atom is -0.435 e. The number of thiazole rings is 1. The largest absolute Gasteiger partial charge is 0.435 e. The average molecular weight is 468 g/mol. The molecule has 0 fully saturated rings. The first-order valence-electron chi connectivity index (χ1n) is 8.45. The number of benzene rings is 1. The van der Waals surface area contributed by atoms with Crippen molar-refractivity contribution in [1.82, 2.24) is 25.1 Å². The number of nitriles is 1. The van der Waals surface area contributed by atoms with Gasteiger partial charge in [0.15, 0.2) is 15.7 Å². The summed E-state index contributed by atoms with van der Waals surface area (Å²) in [4.78, 5) is 20.9. The second-order valence-corrected chi connectivity index (χ2v) is 9.21. The fourth-order valence-corrected chi connectivity index (χ4v) is 3.89. The molecule has 0 aliphatic rings. The van der Waals surface area contributed by atoms with Gasteiger partial charge in [-0.2, -0.15) is 23.8 Å². The summed E-state index contributed by atoms with van der Waals surface area (Å²) in [7, 11) is -3.80. The van der Waals surface area contributed by atoms with Gasteiger partial charge in [-0.3, -0.25) is 4.79 Å². The first kappa shape index (κ1) is 22.2. The number of halogens is 2. The Balaban J connectivity index is 1.88. The highest BCUT2D eigenvalue weighted by Gasteiger charge is 2.21. The fraction of sp³-hybridized carbons (Fsp3) is 0.235. The van der Waals surface area contributed by atoms with Crippen LogP contribution in [0.15, 0.2) is 35.6 Å². The normalized spacial score (nSPS) is 12.4. The lowest BCUT2D eigenvalue weighted by Gasteiger charge is -2.15. The lowest BCUT2D eigenvalue weighted by Crippen LogP contribution is -2.29. The van der Waals surface area contributed by atoms with E-state index in [0.717, 1.165) is 35.8 Å². The Hall–Kier alpha value is -3.44. The van der Waals surface area contributed by atoms with Crippen LogP contribution in [0.25, 0.3) is 5.13 Å². The van der Waals surface area contributed by atoms with Crippen molar-refractivity contribution in [1.29, 1.82) is 5.26 Å². The molecule has 0 spiro atoms. The van der Waals surface area contributed by atoms with Gasteiger partial charge in [-0.15, -0.1) is 0 Å². The lowest BCUT2D eigenvalue weighted by atomic mass is 10.2. The van der Waals surface area contributed by atoms with Crippen molar-refractivity contribution in [2.45, 2.75) is 24.5 Å². The van der Waals surface area contributed by atoms with E-state index in [-0.39, 0.29) is 16.3 Å². The van der Waals surface area contributed by atoms with E-state index in [1.165, 1.54) is 17.2 Å². The van der Waals surface area contributed by atoms with E-state index >= 15 is 0 Å². The molecule has 162 valence electrons. The maximum Gasteiger partial charge on any atom is 0.387 e. The summed E-state index contributed by atoms with van der Waals surface area (Å²) >= 11 is 1.07. The van der Waals surface area contributed by atoms with Crippen molar-refractivity contribution < 1.29 is 26.7 Å². The summed E-state index contributed by atoms with van der Waals surface area (Å²) in [5.41, 5.74) is -0.197. The van der Waals surface area contributed by atoms with Crippen LogP contribution in [0.3, 0.4) is 0 Å². The predicted molar refractivity (Wildman–Crippen MR) is 104 cm³/mol. The number of nitrogens with one attached hydrogen (secondary N) is 1. The zero-order chi connectivity index (χ0) is 22.8. The number of rotatable bonds is 7. The molecule has 0 unspecified atom stereocenters. The van der Waals surface area contributed by atoms with Crippen LogP contribution in [0.5, 0.6) is 5.75 Å². The molecule has 10 nitrogen and oxygen atoms in total. The van der Waals surface area contributed by atoms with Crippen LogP contribution in [0.4, 0.5) is 8.78 Å². The molecule has 0 bridgehead atoms. The van der Waals surface area contributed by atoms with E-state index in [4.69, 9.17) is 5.26 Å². The number of amides is 1. The van der Waals surface area contributed by atoms with Gasteiger partial charge in [0.2, 0.25) is 5.13 Å². The number of sulfone groups is 1. The Labute approximate surface area is 179 Å². The molecule has 3 rings (SSSR count). The third kappa shape index (κ3) is 5.19. The highest BCUT2D eigenvalue weighted by atomic mass is 32.2. The Morgan fingerprint density at radius 3 is 2.68 bits per heavy atom. The number of nitrogens with zero attached hydrogens (tertiary/aromatic N) is 5. The van der Waals surface area contributed by atoms with Crippen molar-refractivity contribution in [2.24, 2.45) is 0 Å². The zero-order valence-electron chi connectivity index (χ0n) is 16.0. The smallest absolute Gasteiger partial charge is 0.387 e. The van der Waals surface area contributed by atoms with Gasteiger partial charge in [0.25, 0.3) is 5.91 Å². The van der Waals surface area contributed by atoms with E-state index < -0.39 is 34.1 Å². The zero-order valence-corrected chi connectivity index (χ0v) is 17.6. The van der Waals surface area contributed by atoms with E-state index in [9.17, 15) is 22.0 Å². The molecule has 2 aromatic heterocycles. The quantitative estimate of drug-likeness (QED) is 0.556. The van der Waals surface area contributed by atoms with Gasteiger partial charge in [0.1, 0.15) is 23.0 Å². The van der Waals surface area contributed by atoms with Crippen LogP contribution in [0.1, 0.15) is 34.0 Å². The fourth-order valence-electron chi connectivity index (χ4n) is 2.54. The highest BCUT2D eigenvalue weighted by molar-refractivity contribution is 7.90. The third-order valence-electron chi connectivity index (χ3n) is 3.89. The monoisotopic (exact) mass is 468 g/mol. The van der Waals surface area contributed by atoms with Gasteiger partial charge in [0.05, 0.1) is 17.1 Å². The Morgan fingerprint density at radius 1 is 1.32 bits per heavy atom. The predicted octanol–water partition coefficient (Wildman–Crippen LogP) is 2.09. The Bertz CT molecular complexity index is 1270. The molecule has 0 radical (unpaired) electrons. The molecule has 31 heavy (non-hydrogen) atoms. The van der Waals surface area contributed by atoms with Crippen LogP contribution in [-0.4, -0.2) is 46.9 Å². The molecule has 0 aliphatic heterocycles. The molecule has 1 amide bonds. The van der Waals surface area contributed by atoms with Gasteiger partial charge in [-0.1, -0.05) is 11.3 Å². The first-order valence-corrected chi connectivity index (χ1v) is 11.2. The number of ether oxygens (including phenoxy) is 1. The SMILES string of the molecule is C[C@H](NC(=O)c1cc(OC(F)F)cc(S(C)(=O)=O)c1)c1ncnn1-c1ncc(C#N)s1. The van der Waals surface area contributed by atoms with E-state index in [1.54, 1.807) is 6.92 Å². The molecular weight excluding hydrogens is 454 g/mol. The summed E-state index contributed by atoms with van der Waals surface area (Å²) < 4.78 is 54.5. The van der Waals surface area contributed by atoms with Gasteiger partial charge in [-0.05, 0) is 25.1 Å². The first-order chi connectivity index (χ1) is 14.6. The summed E-state index contributed by atoms with van der Waals surface area (Å²) in [6.07, 6.45) is 3.49. The summed E-state index contributed by atoms with van der Waals surface area (Å²) in [5.74, 6) is -0.926. The summed E-state index contributed by atoms with van der Waals surface area (Å²) in [5, 5.41) is 15.9. The number of carbonyl (C=O) groups is 1. The number of carbonyl (C=O) groups excluding carboxylic acids is 1. The molecule has 1 aromatic carbocycles. The molecular formula is C17H14F2N6O4S2. The van der Waals surface area contributed by atoms with Crippen LogP contribution in [0.2, 0.25) is 0 Å². The van der Waals surface area contributed by atoms with Crippen molar-refractivity contribution in [2.75, 3.05) is 6.26 Å². The molecule has 2 heterocycles. The van der Waals surface area contributed by atoms with Crippen LogP contribution in [-0.2, 0) is 9.84 Å². The van der Waals surface area contributed by atoms with E-state index in [1.807, 2.05) is 6.07 Å². The molecule has 0 saturated heterocycles. The second kappa shape index (κ2) is 8.74. The maximum absolute atomic E-state index is 12.7. The molecule has 1 atom stereocenters. The minimum atomic E-state index is -3.80. The minimum absolute atomic E-state index is 0.197. The molecule has 0 aliphatic carbocycles. The van der Waals surface area contributed by atoms with Gasteiger partial charge >= 0.3 is 6.61 Å². The van der Waals surface area contributed by atoms with Crippen molar-refractivity contribution in [3.05, 3.63) is 47.0 Å². The van der Waals surface area contributed by atoms with E-state index in [2.05, 4.69) is 25.1 Å². The van der Waals surface area contributed by atoms with Crippen molar-refractivity contribution >= 4 is 27.1 Å². The van der Waals surface area contributed by atoms with Crippen LogP contribution in [0, 0.1) is 11.3 Å². The summed E-state index contributed by atoms with van der Waals surface area (Å²) in [6.45, 7) is -1.60. The summed E-state index contributed by atoms with van der Waals surface area (Å²) in [6, 6.07) is 4.20. The van der Waals surface area contributed by atoms with Crippen LogP contribution < -0.4 is 10.1 Å². The third-order valence-corrected chi connectivity index (χ3v) is 5.86. The van der Waals surface area contributed by atoms with Crippen molar-refractivity contribution in [3.63, 3.8) is 0 Å². The van der Waals surface area contributed by atoms with Crippen LogP contribution >= 0.6 is 11.3 Å². The number of hydrogen-bond donors (Lipinski definition) is 1. The molecule has 14 heteroatoms. The standard InChI is InChI=1S/C17H14F2N6O4S2/c1-9(14-22-8-23-25(14)17-21-7-12(6-20)30-17)24-15(26)10-3-11(29-16(18)19)5-13(4-10)31(2,27)28/h3-5,7-9,16H,1-2H3,(H,24,26)/t9-/m0/s1. The number of aromatic nitrogens is 4. The number of alkyl halides is 2. The highest BCUT2D eigenvalue weighted by Crippen LogP contribution is 2.24. The van der Waals surface area contributed by atoms with Gasteiger partial charge in [0, 0.05) is 11.8 Å². The van der Waals surface area contributed by atoms with E-state index in [0.29, 0.717) is 10.0 Å². The van der Waals surface area contributed by atoms with Crippen molar-refractivity contribution in [3.8, 4) is 17.0 Å². The Morgan fingerprint density at radius 2 is 2.06 bits per heavy atom. The average Bonchev–Trinajstić information content (AvgIpc) is 3.35. The maximum atomic E-state index is 12.7. The molecule has 0 saturated carbocycles. The second-order valence-electron chi connectivity index (χ2n) is 6.19. The topological polar surface area (TPSA) is 140 Å².